The standard InChI is InChI=1S/C18H18Cl3N3O2S/c1-3-25-16-8-11(9-23-24-18(27)22-2)4-7-15(16)26-10-12-13(19)5-6-14(20)17(12)21/h4-9H,3,10H2,1-2H3,(H2,22,24,27)/b23-9+. The Hall–Kier alpha value is -1.73. The lowest BCUT2D eigenvalue weighted by molar-refractivity contribution is 0.269. The van der Waals surface area contributed by atoms with Gasteiger partial charge in [-0.2, -0.15) is 5.10 Å². The number of benzene rings is 2. The van der Waals surface area contributed by atoms with Crippen molar-refractivity contribution in [1.29, 1.82) is 0 Å². The number of ether oxygens (including phenoxy) is 2. The zero-order valence-electron chi connectivity index (χ0n) is 14.7. The maximum absolute atomic E-state index is 6.22. The number of hydrogen-bond donors (Lipinski definition) is 2. The zero-order chi connectivity index (χ0) is 19.8. The molecule has 2 rings (SSSR count). The van der Waals surface area contributed by atoms with Gasteiger partial charge < -0.3 is 14.8 Å². The van der Waals surface area contributed by atoms with Gasteiger partial charge in [-0.05, 0) is 55.0 Å². The summed E-state index contributed by atoms with van der Waals surface area (Å²) < 4.78 is 11.5. The zero-order valence-corrected chi connectivity index (χ0v) is 17.8. The molecule has 0 aliphatic heterocycles. The third-order valence-electron chi connectivity index (χ3n) is 3.39. The van der Waals surface area contributed by atoms with Crippen molar-refractivity contribution < 1.29 is 9.47 Å². The van der Waals surface area contributed by atoms with Crippen LogP contribution in [0.5, 0.6) is 11.5 Å². The van der Waals surface area contributed by atoms with Crippen LogP contribution in [0.2, 0.25) is 15.1 Å². The maximum Gasteiger partial charge on any atom is 0.186 e. The van der Waals surface area contributed by atoms with Crippen LogP contribution in [0.25, 0.3) is 0 Å². The van der Waals surface area contributed by atoms with Gasteiger partial charge in [-0.3, -0.25) is 5.43 Å². The molecule has 2 aromatic rings. The minimum absolute atomic E-state index is 0.156. The molecular weight excluding hydrogens is 429 g/mol. The third kappa shape index (κ3) is 6.14. The second kappa shape index (κ2) is 10.6. The Kier molecular flexibility index (Phi) is 8.44. The first kappa shape index (κ1) is 21.6. The van der Waals surface area contributed by atoms with E-state index in [1.807, 2.05) is 19.1 Å². The van der Waals surface area contributed by atoms with Gasteiger partial charge in [0.25, 0.3) is 0 Å². The predicted molar refractivity (Wildman–Crippen MR) is 116 cm³/mol. The fourth-order valence-electron chi connectivity index (χ4n) is 2.07. The molecule has 0 heterocycles. The van der Waals surface area contributed by atoms with Crippen molar-refractivity contribution in [2.45, 2.75) is 13.5 Å². The van der Waals surface area contributed by atoms with Crippen molar-refractivity contribution in [3.8, 4) is 11.5 Å². The summed E-state index contributed by atoms with van der Waals surface area (Å²) in [5.41, 5.74) is 4.12. The molecule has 0 spiro atoms. The van der Waals surface area contributed by atoms with E-state index >= 15 is 0 Å². The largest absolute Gasteiger partial charge is 0.490 e. The van der Waals surface area contributed by atoms with Crippen LogP contribution in [0.4, 0.5) is 0 Å². The topological polar surface area (TPSA) is 54.9 Å². The van der Waals surface area contributed by atoms with Crippen LogP contribution in [0, 0.1) is 0 Å². The Balaban J connectivity index is 2.17. The van der Waals surface area contributed by atoms with Gasteiger partial charge in [0.05, 0.1) is 22.9 Å². The molecule has 9 heteroatoms. The number of halogens is 3. The summed E-state index contributed by atoms with van der Waals surface area (Å²) in [6.45, 7) is 2.53. The molecule has 27 heavy (non-hydrogen) atoms. The highest BCUT2D eigenvalue weighted by atomic mass is 35.5. The number of hydrazone groups is 1. The smallest absolute Gasteiger partial charge is 0.186 e. The molecule has 0 unspecified atom stereocenters. The quantitative estimate of drug-likeness (QED) is 0.270. The molecule has 0 radical (unpaired) electrons. The summed E-state index contributed by atoms with van der Waals surface area (Å²) in [6.07, 6.45) is 1.63. The first-order valence-electron chi connectivity index (χ1n) is 7.99. The lowest BCUT2D eigenvalue weighted by atomic mass is 10.2. The van der Waals surface area contributed by atoms with Crippen molar-refractivity contribution in [1.82, 2.24) is 10.7 Å². The average molecular weight is 447 g/mol. The lowest BCUT2D eigenvalue weighted by Crippen LogP contribution is -2.28. The highest BCUT2D eigenvalue weighted by Gasteiger charge is 2.12. The molecule has 0 amide bonds. The van der Waals surface area contributed by atoms with Crippen LogP contribution in [0.1, 0.15) is 18.1 Å². The third-order valence-corrected chi connectivity index (χ3v) is 4.88. The van der Waals surface area contributed by atoms with E-state index in [1.165, 1.54) is 0 Å². The molecular formula is C18H18Cl3N3O2S. The first-order valence-corrected chi connectivity index (χ1v) is 9.53. The van der Waals surface area contributed by atoms with E-state index in [0.29, 0.717) is 43.8 Å². The number of nitrogens with one attached hydrogen (secondary N) is 2. The normalized spacial score (nSPS) is 10.7. The minimum Gasteiger partial charge on any atom is -0.490 e. The highest BCUT2D eigenvalue weighted by molar-refractivity contribution is 7.80. The van der Waals surface area contributed by atoms with Gasteiger partial charge in [0.1, 0.15) is 6.61 Å². The van der Waals surface area contributed by atoms with E-state index in [2.05, 4.69) is 15.8 Å². The Morgan fingerprint density at radius 3 is 2.56 bits per heavy atom. The Bertz CT molecular complexity index is 847. The summed E-state index contributed by atoms with van der Waals surface area (Å²) in [6, 6.07) is 8.76. The van der Waals surface area contributed by atoms with Gasteiger partial charge in [-0.15, -0.1) is 0 Å². The summed E-state index contributed by atoms with van der Waals surface area (Å²) in [7, 11) is 1.71. The molecule has 0 aliphatic carbocycles. The predicted octanol–water partition coefficient (Wildman–Crippen LogP) is 5.05. The number of hydrogen-bond acceptors (Lipinski definition) is 4. The Labute approximate surface area is 178 Å². The summed E-state index contributed by atoms with van der Waals surface area (Å²) in [5, 5.41) is 8.51. The summed E-state index contributed by atoms with van der Waals surface area (Å²) in [5.74, 6) is 1.13. The Morgan fingerprint density at radius 2 is 1.85 bits per heavy atom. The van der Waals surface area contributed by atoms with Crippen LogP contribution in [0.3, 0.4) is 0 Å². The van der Waals surface area contributed by atoms with Crippen LogP contribution < -0.4 is 20.2 Å². The summed E-state index contributed by atoms with van der Waals surface area (Å²) >= 11 is 23.4. The lowest BCUT2D eigenvalue weighted by Gasteiger charge is -2.14. The molecule has 144 valence electrons. The van der Waals surface area contributed by atoms with Crippen molar-refractivity contribution in [2.24, 2.45) is 5.10 Å². The molecule has 5 nitrogen and oxygen atoms in total. The number of thiocarbonyl (C=S) groups is 1. The van der Waals surface area contributed by atoms with E-state index in [-0.39, 0.29) is 6.61 Å². The van der Waals surface area contributed by atoms with Gasteiger partial charge in [0.2, 0.25) is 0 Å². The second-order valence-corrected chi connectivity index (χ2v) is 6.80. The fourth-order valence-corrected chi connectivity index (χ4v) is 2.77. The SMILES string of the molecule is CCOc1cc(/C=N/NC(=S)NC)ccc1OCc1c(Cl)ccc(Cl)c1Cl. The number of rotatable bonds is 7. The van der Waals surface area contributed by atoms with Gasteiger partial charge >= 0.3 is 0 Å². The van der Waals surface area contributed by atoms with Crippen molar-refractivity contribution in [3.63, 3.8) is 0 Å². The van der Waals surface area contributed by atoms with Crippen molar-refractivity contribution >= 4 is 58.3 Å². The fraction of sp³-hybridized carbons (Fsp3) is 0.222. The highest BCUT2D eigenvalue weighted by Crippen LogP contribution is 2.34. The Morgan fingerprint density at radius 1 is 1.11 bits per heavy atom. The molecule has 0 bridgehead atoms. The van der Waals surface area contributed by atoms with Crippen LogP contribution in [0.15, 0.2) is 35.4 Å². The second-order valence-electron chi connectivity index (χ2n) is 5.20. The van der Waals surface area contributed by atoms with E-state index in [0.717, 1.165) is 5.56 Å². The van der Waals surface area contributed by atoms with Crippen LogP contribution >= 0.6 is 47.0 Å². The van der Waals surface area contributed by atoms with Crippen LogP contribution in [-0.4, -0.2) is 25.0 Å². The van der Waals surface area contributed by atoms with Crippen LogP contribution in [-0.2, 0) is 6.61 Å². The first-order chi connectivity index (χ1) is 13.0. The molecule has 0 saturated heterocycles. The molecule has 0 fully saturated rings. The van der Waals surface area contributed by atoms with E-state index in [9.17, 15) is 0 Å². The molecule has 2 aromatic carbocycles. The van der Waals surface area contributed by atoms with Gasteiger partial charge in [0, 0.05) is 17.6 Å². The van der Waals surface area contributed by atoms with E-state index in [4.69, 9.17) is 56.5 Å². The van der Waals surface area contributed by atoms with Crippen molar-refractivity contribution in [3.05, 3.63) is 56.5 Å². The number of nitrogens with zero attached hydrogens (tertiary/aromatic N) is 1. The molecule has 0 atom stereocenters. The van der Waals surface area contributed by atoms with Crippen molar-refractivity contribution in [2.75, 3.05) is 13.7 Å². The minimum atomic E-state index is 0.156. The maximum atomic E-state index is 6.22. The molecule has 0 aliphatic rings. The average Bonchev–Trinajstić information content (AvgIpc) is 2.66. The summed E-state index contributed by atoms with van der Waals surface area (Å²) in [4.78, 5) is 0. The van der Waals surface area contributed by atoms with Gasteiger partial charge in [0.15, 0.2) is 16.6 Å². The van der Waals surface area contributed by atoms with E-state index in [1.54, 1.807) is 31.5 Å². The molecule has 0 aromatic heterocycles. The molecule has 2 N–H and O–H groups in total. The molecule has 0 saturated carbocycles. The van der Waals surface area contributed by atoms with Gasteiger partial charge in [-0.1, -0.05) is 34.8 Å². The van der Waals surface area contributed by atoms with E-state index < -0.39 is 0 Å². The van der Waals surface area contributed by atoms with Gasteiger partial charge in [-0.25, -0.2) is 0 Å². The monoisotopic (exact) mass is 445 g/mol.